The molecule has 0 spiro atoms. The molecule has 0 N–H and O–H groups in total. The van der Waals surface area contributed by atoms with Crippen molar-refractivity contribution in [2.24, 2.45) is 5.41 Å². The molecule has 100 valence electrons. The molecule has 2 heteroatoms. The van der Waals surface area contributed by atoms with Crippen LogP contribution < -0.4 is 0 Å². The standard InChI is InChI=1S/C15H29NO/c1-13-9-5-7-11-16(13)12-8-6-10-14(17)15(2,3)4/h13H,5-12H2,1-4H3. The quantitative estimate of drug-likeness (QED) is 0.683. The molecule has 1 unspecified atom stereocenters. The minimum absolute atomic E-state index is 0.154. The number of ketones is 1. The highest BCUT2D eigenvalue weighted by Crippen LogP contribution is 2.20. The first-order valence-corrected chi connectivity index (χ1v) is 7.18. The van der Waals surface area contributed by atoms with Gasteiger partial charge in [-0.25, -0.2) is 0 Å². The fourth-order valence-electron chi connectivity index (χ4n) is 2.47. The van der Waals surface area contributed by atoms with E-state index in [1.165, 1.54) is 38.8 Å². The Balaban J connectivity index is 2.13. The van der Waals surface area contributed by atoms with Gasteiger partial charge in [0.05, 0.1) is 0 Å². The molecule has 0 saturated carbocycles. The number of hydrogen-bond donors (Lipinski definition) is 0. The summed E-state index contributed by atoms with van der Waals surface area (Å²) in [6.45, 7) is 10.8. The molecular formula is C15H29NO. The van der Waals surface area contributed by atoms with Gasteiger partial charge in [-0.15, -0.1) is 0 Å². The molecule has 0 aromatic heterocycles. The van der Waals surface area contributed by atoms with E-state index in [4.69, 9.17) is 0 Å². The Morgan fingerprint density at radius 3 is 2.53 bits per heavy atom. The van der Waals surface area contributed by atoms with Gasteiger partial charge in [-0.1, -0.05) is 27.2 Å². The summed E-state index contributed by atoms with van der Waals surface area (Å²) in [7, 11) is 0. The number of unbranched alkanes of at least 4 members (excludes halogenated alkanes) is 1. The Morgan fingerprint density at radius 1 is 1.24 bits per heavy atom. The monoisotopic (exact) mass is 239 g/mol. The molecule has 0 radical (unpaired) electrons. The molecule has 17 heavy (non-hydrogen) atoms. The average molecular weight is 239 g/mol. The molecule has 1 saturated heterocycles. The minimum atomic E-state index is -0.154. The number of nitrogens with zero attached hydrogens (tertiary/aromatic N) is 1. The number of hydrogen-bond acceptors (Lipinski definition) is 2. The lowest BCUT2D eigenvalue weighted by Crippen LogP contribution is -2.38. The molecule has 1 aliphatic heterocycles. The van der Waals surface area contributed by atoms with Gasteiger partial charge < -0.3 is 4.90 Å². The summed E-state index contributed by atoms with van der Waals surface area (Å²) in [5, 5.41) is 0. The SMILES string of the molecule is CC1CCCCN1CCCCC(=O)C(C)(C)C. The van der Waals surface area contributed by atoms with E-state index in [1.807, 2.05) is 20.8 Å². The zero-order valence-corrected chi connectivity index (χ0v) is 12.1. The molecule has 1 rings (SSSR count). The second kappa shape index (κ2) is 6.53. The van der Waals surface area contributed by atoms with Crippen LogP contribution in [0.25, 0.3) is 0 Å². The fraction of sp³-hybridized carbons (Fsp3) is 0.933. The van der Waals surface area contributed by atoms with E-state index in [-0.39, 0.29) is 5.41 Å². The van der Waals surface area contributed by atoms with E-state index < -0.39 is 0 Å². The molecule has 1 fully saturated rings. The number of carbonyl (C=O) groups excluding carboxylic acids is 1. The lowest BCUT2D eigenvalue weighted by molar-refractivity contribution is -0.126. The van der Waals surface area contributed by atoms with Crippen LogP contribution in [0, 0.1) is 5.41 Å². The molecule has 1 heterocycles. The topological polar surface area (TPSA) is 20.3 Å². The van der Waals surface area contributed by atoms with E-state index in [1.54, 1.807) is 0 Å². The summed E-state index contributed by atoms with van der Waals surface area (Å²) in [4.78, 5) is 14.4. The number of carbonyl (C=O) groups is 1. The van der Waals surface area contributed by atoms with E-state index >= 15 is 0 Å². The first kappa shape index (κ1) is 14.7. The van der Waals surface area contributed by atoms with Crippen LogP contribution in [0.2, 0.25) is 0 Å². The molecule has 2 nitrogen and oxygen atoms in total. The normalized spacial score (nSPS) is 22.7. The first-order chi connectivity index (χ1) is 7.91. The minimum Gasteiger partial charge on any atom is -0.301 e. The van der Waals surface area contributed by atoms with Gasteiger partial charge in [-0.2, -0.15) is 0 Å². The van der Waals surface area contributed by atoms with E-state index in [2.05, 4.69) is 11.8 Å². The smallest absolute Gasteiger partial charge is 0.138 e. The number of Topliss-reactive ketones (excluding diaryl/α,β-unsaturated/α-hetero) is 1. The third kappa shape index (κ3) is 5.20. The third-order valence-corrected chi connectivity index (χ3v) is 3.88. The Kier molecular flexibility index (Phi) is 5.64. The van der Waals surface area contributed by atoms with Gasteiger partial charge in [-0.05, 0) is 45.7 Å². The summed E-state index contributed by atoms with van der Waals surface area (Å²) in [5.41, 5.74) is -0.154. The van der Waals surface area contributed by atoms with Crippen molar-refractivity contribution in [2.45, 2.75) is 72.3 Å². The van der Waals surface area contributed by atoms with Gasteiger partial charge in [-0.3, -0.25) is 4.79 Å². The van der Waals surface area contributed by atoms with Crippen molar-refractivity contribution < 1.29 is 4.79 Å². The Bertz CT molecular complexity index is 242. The van der Waals surface area contributed by atoms with Crippen LogP contribution in [0.1, 0.15) is 66.2 Å². The molecule has 0 aliphatic carbocycles. The van der Waals surface area contributed by atoms with Gasteiger partial charge >= 0.3 is 0 Å². The lowest BCUT2D eigenvalue weighted by Gasteiger charge is -2.33. The second-order valence-corrected chi connectivity index (χ2v) is 6.51. The van der Waals surface area contributed by atoms with Crippen molar-refractivity contribution >= 4 is 5.78 Å². The van der Waals surface area contributed by atoms with Crippen LogP contribution in [0.3, 0.4) is 0 Å². The van der Waals surface area contributed by atoms with Crippen LogP contribution in [-0.2, 0) is 4.79 Å². The summed E-state index contributed by atoms with van der Waals surface area (Å²) in [5.74, 6) is 0.407. The Labute approximate surface area is 107 Å². The molecule has 0 amide bonds. The first-order valence-electron chi connectivity index (χ1n) is 7.18. The summed E-state index contributed by atoms with van der Waals surface area (Å²) in [6.07, 6.45) is 7.07. The number of likely N-dealkylation sites (tertiary alicyclic amines) is 1. The van der Waals surface area contributed by atoms with E-state index in [0.717, 1.165) is 18.9 Å². The molecule has 1 aliphatic rings. The fourth-order valence-corrected chi connectivity index (χ4v) is 2.47. The van der Waals surface area contributed by atoms with Gasteiger partial charge in [0.1, 0.15) is 5.78 Å². The van der Waals surface area contributed by atoms with Crippen LogP contribution in [0.5, 0.6) is 0 Å². The maximum atomic E-state index is 11.8. The highest BCUT2D eigenvalue weighted by atomic mass is 16.1. The largest absolute Gasteiger partial charge is 0.301 e. The highest BCUT2D eigenvalue weighted by Gasteiger charge is 2.21. The number of rotatable bonds is 5. The highest BCUT2D eigenvalue weighted by molar-refractivity contribution is 5.83. The molecular weight excluding hydrogens is 210 g/mol. The molecule has 0 aromatic carbocycles. The van der Waals surface area contributed by atoms with Crippen molar-refractivity contribution in [1.29, 1.82) is 0 Å². The zero-order valence-electron chi connectivity index (χ0n) is 12.1. The van der Waals surface area contributed by atoms with E-state index in [0.29, 0.717) is 5.78 Å². The van der Waals surface area contributed by atoms with Crippen molar-refractivity contribution in [3.8, 4) is 0 Å². The van der Waals surface area contributed by atoms with Gasteiger partial charge in [0.15, 0.2) is 0 Å². The summed E-state index contributed by atoms with van der Waals surface area (Å²) >= 11 is 0. The summed E-state index contributed by atoms with van der Waals surface area (Å²) in [6, 6.07) is 0.752. The third-order valence-electron chi connectivity index (χ3n) is 3.88. The zero-order chi connectivity index (χ0) is 12.9. The van der Waals surface area contributed by atoms with Crippen molar-refractivity contribution in [3.05, 3.63) is 0 Å². The Hall–Kier alpha value is -0.370. The van der Waals surface area contributed by atoms with Crippen LogP contribution in [0.15, 0.2) is 0 Å². The van der Waals surface area contributed by atoms with Gasteiger partial charge in [0, 0.05) is 17.9 Å². The predicted molar refractivity (Wildman–Crippen MR) is 73.2 cm³/mol. The lowest BCUT2D eigenvalue weighted by atomic mass is 9.88. The predicted octanol–water partition coefficient (Wildman–Crippen LogP) is 3.65. The van der Waals surface area contributed by atoms with Gasteiger partial charge in [0.25, 0.3) is 0 Å². The van der Waals surface area contributed by atoms with E-state index in [9.17, 15) is 4.79 Å². The van der Waals surface area contributed by atoms with Gasteiger partial charge in [0.2, 0.25) is 0 Å². The number of piperidine rings is 1. The van der Waals surface area contributed by atoms with Crippen molar-refractivity contribution in [1.82, 2.24) is 4.90 Å². The van der Waals surface area contributed by atoms with Crippen molar-refractivity contribution in [3.63, 3.8) is 0 Å². The maximum Gasteiger partial charge on any atom is 0.138 e. The molecule has 0 aromatic rings. The second-order valence-electron chi connectivity index (χ2n) is 6.51. The Morgan fingerprint density at radius 2 is 1.94 bits per heavy atom. The molecule has 1 atom stereocenters. The maximum absolute atomic E-state index is 11.8. The van der Waals surface area contributed by atoms with Crippen LogP contribution >= 0.6 is 0 Å². The average Bonchev–Trinajstić information content (AvgIpc) is 2.25. The van der Waals surface area contributed by atoms with Crippen LogP contribution in [0.4, 0.5) is 0 Å². The van der Waals surface area contributed by atoms with Crippen molar-refractivity contribution in [2.75, 3.05) is 13.1 Å². The van der Waals surface area contributed by atoms with Crippen LogP contribution in [-0.4, -0.2) is 29.8 Å². The molecule has 0 bridgehead atoms. The summed E-state index contributed by atoms with van der Waals surface area (Å²) < 4.78 is 0.